The van der Waals surface area contributed by atoms with E-state index in [1.54, 1.807) is 31.3 Å². The zero-order chi connectivity index (χ0) is 17.8. The van der Waals surface area contributed by atoms with Crippen LogP contribution in [0, 0.1) is 6.92 Å². The molecule has 0 aliphatic heterocycles. The van der Waals surface area contributed by atoms with Crippen LogP contribution in [0.4, 0.5) is 5.69 Å². The van der Waals surface area contributed by atoms with Gasteiger partial charge in [-0.25, -0.2) is 0 Å². The minimum Gasteiger partial charge on any atom is -0.355 e. The van der Waals surface area contributed by atoms with Crippen LogP contribution in [0.25, 0.3) is 11.1 Å². The lowest BCUT2D eigenvalue weighted by atomic mass is 10.1. The van der Waals surface area contributed by atoms with Gasteiger partial charge in [-0.15, -0.1) is 0 Å². The van der Waals surface area contributed by atoms with E-state index in [1.807, 2.05) is 19.1 Å². The predicted molar refractivity (Wildman–Crippen MR) is 100.0 cm³/mol. The molecule has 2 amide bonds. The van der Waals surface area contributed by atoms with Gasteiger partial charge in [0, 0.05) is 18.3 Å². The van der Waals surface area contributed by atoms with E-state index in [4.69, 9.17) is 0 Å². The summed E-state index contributed by atoms with van der Waals surface area (Å²) in [4.78, 5) is 24.1. The molecule has 0 radical (unpaired) electrons. The largest absolute Gasteiger partial charge is 0.355 e. The van der Waals surface area contributed by atoms with E-state index >= 15 is 0 Å². The molecule has 2 aliphatic rings. The maximum atomic E-state index is 12.4. The second-order valence-corrected chi connectivity index (χ2v) is 6.02. The first kappa shape index (κ1) is 16.7. The molecule has 0 unspecified atom stereocenters. The molecule has 126 valence electrons. The third-order valence-electron chi connectivity index (χ3n) is 4.15. The summed E-state index contributed by atoms with van der Waals surface area (Å²) in [5.41, 5.74) is 5.51. The van der Waals surface area contributed by atoms with Gasteiger partial charge in [0.2, 0.25) is 5.91 Å². The average molecular weight is 332 g/mol. The summed E-state index contributed by atoms with van der Waals surface area (Å²) in [6.07, 6.45) is 0.288. The molecule has 2 N–H and O–H groups in total. The molecule has 1 aromatic rings. The second-order valence-electron chi connectivity index (χ2n) is 6.02. The molecule has 0 fully saturated rings. The molecule has 0 saturated heterocycles. The van der Waals surface area contributed by atoms with Gasteiger partial charge in [0.1, 0.15) is 0 Å². The van der Waals surface area contributed by atoms with Gasteiger partial charge >= 0.3 is 0 Å². The van der Waals surface area contributed by atoms with E-state index in [-0.39, 0.29) is 18.2 Å². The molecule has 25 heavy (non-hydrogen) atoms. The standard InChI is InChI=1S/C21H20N2O2/c1-14-6-8-15-9-10-16(19(15)11-7-14)13-20(24)23-18-5-3-4-17(12-18)21(25)22-2/h3-12H,13H2,1-2H3,(H,22,25)(H,23,24). The molecule has 0 spiro atoms. The number of nitrogens with one attached hydrogen (secondary N) is 2. The molecule has 0 aromatic heterocycles. The monoisotopic (exact) mass is 332 g/mol. The van der Waals surface area contributed by atoms with Gasteiger partial charge in [0.15, 0.2) is 0 Å². The fourth-order valence-electron chi connectivity index (χ4n) is 2.81. The van der Waals surface area contributed by atoms with E-state index in [2.05, 4.69) is 34.9 Å². The van der Waals surface area contributed by atoms with Crippen molar-refractivity contribution in [2.45, 2.75) is 13.3 Å². The maximum Gasteiger partial charge on any atom is 0.251 e. The van der Waals surface area contributed by atoms with Crippen LogP contribution in [-0.2, 0) is 11.2 Å². The molecule has 2 aliphatic carbocycles. The van der Waals surface area contributed by atoms with Gasteiger partial charge in [-0.3, -0.25) is 9.59 Å². The molecule has 0 heterocycles. The highest BCUT2D eigenvalue weighted by Crippen LogP contribution is 2.28. The molecule has 4 heteroatoms. The fraction of sp³-hybridized carbons (Fsp3) is 0.143. The topological polar surface area (TPSA) is 58.2 Å². The number of aryl methyl sites for hydroxylation is 1. The quantitative estimate of drug-likeness (QED) is 0.766. The zero-order valence-electron chi connectivity index (χ0n) is 14.3. The summed E-state index contributed by atoms with van der Waals surface area (Å²) < 4.78 is 0. The van der Waals surface area contributed by atoms with Gasteiger partial charge in [-0.2, -0.15) is 0 Å². The molecule has 0 atom stereocenters. The van der Waals surface area contributed by atoms with Crippen molar-refractivity contribution >= 4 is 17.5 Å². The molecule has 3 rings (SSSR count). The highest BCUT2D eigenvalue weighted by atomic mass is 16.2. The smallest absolute Gasteiger partial charge is 0.251 e. The minimum atomic E-state index is -0.180. The second kappa shape index (κ2) is 7.18. The lowest BCUT2D eigenvalue weighted by Crippen LogP contribution is -2.19. The Hall–Kier alpha value is -3.14. The van der Waals surface area contributed by atoms with Crippen LogP contribution in [0.5, 0.6) is 0 Å². The van der Waals surface area contributed by atoms with Gasteiger partial charge in [-0.1, -0.05) is 48.0 Å². The fourth-order valence-corrected chi connectivity index (χ4v) is 2.81. The Bertz CT molecular complexity index is 902. The average Bonchev–Trinajstić information content (AvgIpc) is 2.88. The number of hydrogen-bond donors (Lipinski definition) is 2. The summed E-state index contributed by atoms with van der Waals surface area (Å²) in [6.45, 7) is 2.05. The van der Waals surface area contributed by atoms with Crippen molar-refractivity contribution in [1.29, 1.82) is 0 Å². The highest BCUT2D eigenvalue weighted by Gasteiger charge is 2.12. The first-order chi connectivity index (χ1) is 12.1. The Morgan fingerprint density at radius 2 is 1.72 bits per heavy atom. The lowest BCUT2D eigenvalue weighted by Gasteiger charge is -2.07. The van der Waals surface area contributed by atoms with Crippen molar-refractivity contribution < 1.29 is 9.59 Å². The number of amides is 2. The Kier molecular flexibility index (Phi) is 4.80. The molecule has 1 aromatic carbocycles. The number of rotatable bonds is 4. The summed E-state index contributed by atoms with van der Waals surface area (Å²) in [5, 5.41) is 5.44. The normalized spacial score (nSPS) is 10.5. The Balaban J connectivity index is 1.75. The summed E-state index contributed by atoms with van der Waals surface area (Å²) in [6, 6.07) is 19.2. The van der Waals surface area contributed by atoms with Crippen LogP contribution in [0.15, 0.2) is 60.7 Å². The Morgan fingerprint density at radius 3 is 2.52 bits per heavy atom. The van der Waals surface area contributed by atoms with E-state index in [0.29, 0.717) is 11.3 Å². The van der Waals surface area contributed by atoms with Gasteiger partial charge < -0.3 is 10.6 Å². The first-order valence-electron chi connectivity index (χ1n) is 8.17. The third kappa shape index (κ3) is 3.86. The summed E-state index contributed by atoms with van der Waals surface area (Å²) in [7, 11) is 1.58. The number of benzene rings is 1. The lowest BCUT2D eigenvalue weighted by molar-refractivity contribution is -0.115. The van der Waals surface area contributed by atoms with Crippen LogP contribution in [-0.4, -0.2) is 18.9 Å². The van der Waals surface area contributed by atoms with Crippen LogP contribution in [0.2, 0.25) is 0 Å². The van der Waals surface area contributed by atoms with Crippen molar-refractivity contribution in [3.8, 4) is 11.1 Å². The number of carbonyl (C=O) groups excluding carboxylic acids is 2. The van der Waals surface area contributed by atoms with E-state index in [1.165, 1.54) is 5.56 Å². The predicted octanol–water partition coefficient (Wildman–Crippen LogP) is 3.64. The number of fused-ring (bicyclic) bond motifs is 1. The SMILES string of the molecule is CNC(=O)c1cccc(NC(=O)Cc2ccc3ccc(C)ccc2-3)c1. The van der Waals surface area contributed by atoms with Crippen molar-refractivity contribution in [3.63, 3.8) is 0 Å². The van der Waals surface area contributed by atoms with E-state index in [0.717, 1.165) is 16.7 Å². The molecular weight excluding hydrogens is 312 g/mol. The minimum absolute atomic E-state index is 0.107. The summed E-state index contributed by atoms with van der Waals surface area (Å²) >= 11 is 0. The first-order valence-corrected chi connectivity index (χ1v) is 8.17. The van der Waals surface area contributed by atoms with Crippen molar-refractivity contribution in [3.05, 3.63) is 77.4 Å². The molecule has 0 saturated carbocycles. The van der Waals surface area contributed by atoms with Gasteiger partial charge in [-0.05, 0) is 41.8 Å². The Morgan fingerprint density at radius 1 is 0.960 bits per heavy atom. The summed E-state index contributed by atoms with van der Waals surface area (Å²) in [5.74, 6) is -0.286. The molecule has 0 bridgehead atoms. The van der Waals surface area contributed by atoms with Crippen LogP contribution in [0.3, 0.4) is 0 Å². The zero-order valence-corrected chi connectivity index (χ0v) is 14.3. The molecule has 4 nitrogen and oxygen atoms in total. The van der Waals surface area contributed by atoms with E-state index < -0.39 is 0 Å². The van der Waals surface area contributed by atoms with Crippen molar-refractivity contribution in [2.75, 3.05) is 12.4 Å². The van der Waals surface area contributed by atoms with Crippen LogP contribution < -0.4 is 10.6 Å². The van der Waals surface area contributed by atoms with Crippen molar-refractivity contribution in [1.82, 2.24) is 5.32 Å². The maximum absolute atomic E-state index is 12.4. The van der Waals surface area contributed by atoms with Crippen LogP contribution >= 0.6 is 0 Å². The van der Waals surface area contributed by atoms with Crippen molar-refractivity contribution in [2.24, 2.45) is 0 Å². The Labute approximate surface area is 147 Å². The third-order valence-corrected chi connectivity index (χ3v) is 4.15. The number of anilines is 1. The highest BCUT2D eigenvalue weighted by molar-refractivity contribution is 5.98. The van der Waals surface area contributed by atoms with Gasteiger partial charge in [0.05, 0.1) is 6.42 Å². The van der Waals surface area contributed by atoms with Gasteiger partial charge in [0.25, 0.3) is 5.91 Å². The molecular formula is C21H20N2O2. The van der Waals surface area contributed by atoms with Crippen LogP contribution in [0.1, 0.15) is 21.5 Å². The number of carbonyl (C=O) groups is 2. The van der Waals surface area contributed by atoms with E-state index in [9.17, 15) is 9.59 Å². The number of hydrogen-bond acceptors (Lipinski definition) is 2.